The molecule has 0 aliphatic carbocycles. The van der Waals surface area contributed by atoms with E-state index in [0.29, 0.717) is 6.61 Å². The molecule has 0 aliphatic rings. The van der Waals surface area contributed by atoms with E-state index < -0.39 is 0 Å². The van der Waals surface area contributed by atoms with Gasteiger partial charge in [-0.15, -0.1) is 0 Å². The molecule has 0 heterocycles. The Morgan fingerprint density at radius 1 is 1.00 bits per heavy atom. The monoisotopic (exact) mass is 277 g/mol. The average Bonchev–Trinajstić information content (AvgIpc) is 2.44. The highest BCUT2D eigenvalue weighted by atomic mass is 16.5. The largest absolute Gasteiger partial charge is 0.379 e. The maximum atomic E-state index is 6.17. The lowest BCUT2D eigenvalue weighted by atomic mass is 10.0. The molecular formula is C18H31NO. The quantitative estimate of drug-likeness (QED) is 0.630. The third-order valence-electron chi connectivity index (χ3n) is 3.90. The molecule has 0 amide bonds. The first-order chi connectivity index (χ1) is 9.65. The number of hydrogen-bond acceptors (Lipinski definition) is 2. The van der Waals surface area contributed by atoms with Crippen LogP contribution in [0.1, 0.15) is 68.2 Å². The van der Waals surface area contributed by atoms with E-state index in [0.717, 1.165) is 13.0 Å². The summed E-state index contributed by atoms with van der Waals surface area (Å²) in [5.74, 6) is 0. The Morgan fingerprint density at radius 3 is 2.40 bits per heavy atom. The Balaban J connectivity index is 2.13. The number of unbranched alkanes of at least 4 members (excludes halogenated alkanes) is 5. The molecule has 1 atom stereocenters. The minimum absolute atomic E-state index is 0.00519. The average molecular weight is 277 g/mol. The maximum absolute atomic E-state index is 6.17. The third-order valence-corrected chi connectivity index (χ3v) is 3.90. The minimum atomic E-state index is -0.00519. The molecule has 0 spiro atoms. The number of aryl methyl sites for hydroxylation is 2. The van der Waals surface area contributed by atoms with Crippen LogP contribution in [0.4, 0.5) is 0 Å². The molecule has 0 aromatic heterocycles. The van der Waals surface area contributed by atoms with Crippen LogP contribution in [0.5, 0.6) is 0 Å². The number of nitrogens with two attached hydrogens (primary N) is 1. The van der Waals surface area contributed by atoms with Gasteiger partial charge < -0.3 is 10.5 Å². The first-order valence-corrected chi connectivity index (χ1v) is 8.05. The highest BCUT2D eigenvalue weighted by Gasteiger charge is 2.06. The van der Waals surface area contributed by atoms with Crippen LogP contribution in [0, 0.1) is 13.8 Å². The van der Waals surface area contributed by atoms with Crippen LogP contribution in [0.25, 0.3) is 0 Å². The lowest BCUT2D eigenvalue weighted by Gasteiger charge is -2.14. The van der Waals surface area contributed by atoms with E-state index in [1.807, 2.05) is 0 Å². The Hall–Kier alpha value is -0.860. The van der Waals surface area contributed by atoms with Gasteiger partial charge in [0.25, 0.3) is 0 Å². The predicted molar refractivity (Wildman–Crippen MR) is 87.0 cm³/mol. The Bertz CT molecular complexity index is 376. The van der Waals surface area contributed by atoms with Crippen LogP contribution in [0.2, 0.25) is 0 Å². The SMILES string of the molecule is CCCCCCCCOCC(N)c1ccc(C)c(C)c1. The number of ether oxygens (including phenoxy) is 1. The van der Waals surface area contributed by atoms with Crippen molar-refractivity contribution in [2.24, 2.45) is 5.73 Å². The van der Waals surface area contributed by atoms with Crippen LogP contribution in [0.3, 0.4) is 0 Å². The van der Waals surface area contributed by atoms with Crippen molar-refractivity contribution in [1.29, 1.82) is 0 Å². The topological polar surface area (TPSA) is 35.2 Å². The smallest absolute Gasteiger partial charge is 0.0659 e. The highest BCUT2D eigenvalue weighted by Crippen LogP contribution is 2.16. The van der Waals surface area contributed by atoms with Gasteiger partial charge in [0.15, 0.2) is 0 Å². The summed E-state index contributed by atoms with van der Waals surface area (Å²) >= 11 is 0. The molecule has 2 N–H and O–H groups in total. The maximum Gasteiger partial charge on any atom is 0.0659 e. The fourth-order valence-corrected chi connectivity index (χ4v) is 2.29. The molecule has 0 radical (unpaired) electrons. The summed E-state index contributed by atoms with van der Waals surface area (Å²) in [6, 6.07) is 6.42. The third kappa shape index (κ3) is 6.53. The first-order valence-electron chi connectivity index (χ1n) is 8.05. The summed E-state index contributed by atoms with van der Waals surface area (Å²) in [5.41, 5.74) is 9.96. The standard InChI is InChI=1S/C18H31NO/c1-4-5-6-7-8-9-12-20-14-18(19)17-11-10-15(2)16(3)13-17/h10-11,13,18H,4-9,12,14,19H2,1-3H3. The number of benzene rings is 1. The van der Waals surface area contributed by atoms with Gasteiger partial charge in [0, 0.05) is 6.61 Å². The lowest BCUT2D eigenvalue weighted by Crippen LogP contribution is -2.17. The fourth-order valence-electron chi connectivity index (χ4n) is 2.29. The van der Waals surface area contributed by atoms with E-state index in [4.69, 9.17) is 10.5 Å². The van der Waals surface area contributed by atoms with Crippen molar-refractivity contribution < 1.29 is 4.74 Å². The van der Waals surface area contributed by atoms with Crippen LogP contribution < -0.4 is 5.73 Å². The summed E-state index contributed by atoms with van der Waals surface area (Å²) in [4.78, 5) is 0. The van der Waals surface area contributed by atoms with Gasteiger partial charge in [-0.1, -0.05) is 57.2 Å². The molecule has 0 saturated carbocycles. The van der Waals surface area contributed by atoms with Gasteiger partial charge in [-0.05, 0) is 37.0 Å². The van der Waals surface area contributed by atoms with Crippen molar-refractivity contribution in [2.75, 3.05) is 13.2 Å². The molecule has 2 nitrogen and oxygen atoms in total. The Labute approximate surface area is 124 Å². The van der Waals surface area contributed by atoms with E-state index in [1.165, 1.54) is 48.8 Å². The van der Waals surface area contributed by atoms with Crippen LogP contribution in [0.15, 0.2) is 18.2 Å². The number of rotatable bonds is 10. The molecule has 0 fully saturated rings. The van der Waals surface area contributed by atoms with E-state index in [1.54, 1.807) is 0 Å². The zero-order valence-corrected chi connectivity index (χ0v) is 13.5. The predicted octanol–water partition coefficient (Wildman–Crippen LogP) is 4.68. The van der Waals surface area contributed by atoms with E-state index in [9.17, 15) is 0 Å². The first kappa shape index (κ1) is 17.2. The van der Waals surface area contributed by atoms with Gasteiger partial charge in [0.1, 0.15) is 0 Å². The minimum Gasteiger partial charge on any atom is -0.379 e. The second-order valence-electron chi connectivity index (χ2n) is 5.79. The Kier molecular flexibility index (Phi) is 8.56. The van der Waals surface area contributed by atoms with Gasteiger partial charge in [-0.25, -0.2) is 0 Å². The molecule has 1 unspecified atom stereocenters. The summed E-state index contributed by atoms with van der Waals surface area (Å²) in [6.45, 7) is 7.96. The van der Waals surface area contributed by atoms with Gasteiger partial charge in [-0.3, -0.25) is 0 Å². The van der Waals surface area contributed by atoms with Crippen LogP contribution >= 0.6 is 0 Å². The van der Waals surface area contributed by atoms with Gasteiger partial charge in [-0.2, -0.15) is 0 Å². The van der Waals surface area contributed by atoms with E-state index in [2.05, 4.69) is 39.0 Å². The Morgan fingerprint density at radius 2 is 1.70 bits per heavy atom. The van der Waals surface area contributed by atoms with Gasteiger partial charge in [0.2, 0.25) is 0 Å². The molecule has 1 aromatic carbocycles. The molecule has 114 valence electrons. The summed E-state index contributed by atoms with van der Waals surface area (Å²) in [7, 11) is 0. The lowest BCUT2D eigenvalue weighted by molar-refractivity contribution is 0.117. The zero-order valence-electron chi connectivity index (χ0n) is 13.5. The van der Waals surface area contributed by atoms with E-state index in [-0.39, 0.29) is 6.04 Å². The second-order valence-corrected chi connectivity index (χ2v) is 5.79. The van der Waals surface area contributed by atoms with Crippen molar-refractivity contribution in [2.45, 2.75) is 65.3 Å². The van der Waals surface area contributed by atoms with Crippen molar-refractivity contribution >= 4 is 0 Å². The second kappa shape index (κ2) is 9.95. The van der Waals surface area contributed by atoms with Gasteiger partial charge >= 0.3 is 0 Å². The summed E-state index contributed by atoms with van der Waals surface area (Å²) in [6.07, 6.45) is 7.79. The van der Waals surface area contributed by atoms with Crippen LogP contribution in [-0.2, 0) is 4.74 Å². The molecule has 20 heavy (non-hydrogen) atoms. The summed E-state index contributed by atoms with van der Waals surface area (Å²) < 4.78 is 5.70. The van der Waals surface area contributed by atoms with Gasteiger partial charge in [0.05, 0.1) is 12.6 Å². The number of hydrogen-bond donors (Lipinski definition) is 1. The van der Waals surface area contributed by atoms with Crippen molar-refractivity contribution in [1.82, 2.24) is 0 Å². The van der Waals surface area contributed by atoms with Crippen molar-refractivity contribution in [3.63, 3.8) is 0 Å². The van der Waals surface area contributed by atoms with Crippen molar-refractivity contribution in [3.8, 4) is 0 Å². The zero-order chi connectivity index (χ0) is 14.8. The molecule has 1 aromatic rings. The molecule has 0 aliphatic heterocycles. The molecule has 1 rings (SSSR count). The molecule has 0 bridgehead atoms. The summed E-state index contributed by atoms with van der Waals surface area (Å²) in [5, 5.41) is 0. The van der Waals surface area contributed by atoms with Crippen LogP contribution in [-0.4, -0.2) is 13.2 Å². The molecule has 2 heteroatoms. The highest BCUT2D eigenvalue weighted by molar-refractivity contribution is 5.31. The normalized spacial score (nSPS) is 12.6. The van der Waals surface area contributed by atoms with E-state index >= 15 is 0 Å². The fraction of sp³-hybridized carbons (Fsp3) is 0.667. The van der Waals surface area contributed by atoms with Crippen molar-refractivity contribution in [3.05, 3.63) is 34.9 Å². The molecular weight excluding hydrogens is 246 g/mol. The molecule has 0 saturated heterocycles.